The summed E-state index contributed by atoms with van der Waals surface area (Å²) in [6, 6.07) is -0.365. The Kier molecular flexibility index (Phi) is 6.18. The van der Waals surface area contributed by atoms with Gasteiger partial charge in [-0.25, -0.2) is 13.1 Å². The molecule has 1 aromatic rings. The van der Waals surface area contributed by atoms with E-state index in [1.54, 1.807) is 6.92 Å². The Morgan fingerprint density at radius 3 is 2.62 bits per heavy atom. The summed E-state index contributed by atoms with van der Waals surface area (Å²) in [6.45, 7) is 2.81. The van der Waals surface area contributed by atoms with Crippen molar-refractivity contribution in [2.24, 2.45) is 0 Å². The van der Waals surface area contributed by atoms with Crippen LogP contribution in [0.25, 0.3) is 0 Å². The number of nitrogens with one attached hydrogen (secondary N) is 1. The van der Waals surface area contributed by atoms with E-state index in [4.69, 9.17) is 11.6 Å². The Hall–Kier alpha value is -1.12. The van der Waals surface area contributed by atoms with Gasteiger partial charge in [0.2, 0.25) is 0 Å². The van der Waals surface area contributed by atoms with E-state index in [1.165, 1.54) is 10.9 Å². The number of halogens is 1. The Morgan fingerprint density at radius 2 is 2.10 bits per heavy atom. The highest BCUT2D eigenvalue weighted by atomic mass is 35.5. The van der Waals surface area contributed by atoms with Crippen molar-refractivity contribution < 1.29 is 8.42 Å². The maximum Gasteiger partial charge on any atom is 0.287 e. The van der Waals surface area contributed by atoms with Gasteiger partial charge in [0.05, 0.1) is 24.2 Å². The average Bonchev–Trinajstić information content (AvgIpc) is 2.31. The first-order valence-electron chi connectivity index (χ1n) is 6.45. The van der Waals surface area contributed by atoms with Crippen molar-refractivity contribution in [3.8, 4) is 0 Å². The summed E-state index contributed by atoms with van der Waals surface area (Å²) in [5.41, 5.74) is -0.0472. The molecule has 0 fully saturated rings. The Morgan fingerprint density at radius 1 is 1.48 bits per heavy atom. The first-order valence-corrected chi connectivity index (χ1v) is 8.88. The van der Waals surface area contributed by atoms with Crippen LogP contribution in [0.2, 0.25) is 5.02 Å². The van der Waals surface area contributed by atoms with E-state index < -0.39 is 15.4 Å². The van der Waals surface area contributed by atoms with Gasteiger partial charge in [-0.2, -0.15) is 5.10 Å². The molecule has 0 aliphatic rings. The number of sulfone groups is 1. The summed E-state index contributed by atoms with van der Waals surface area (Å²) >= 11 is 6.03. The number of aromatic nitrogens is 2. The smallest absolute Gasteiger partial charge is 0.287 e. The number of likely N-dealkylation sites (N-methyl/N-ethyl adjacent to an activating group) is 1. The van der Waals surface area contributed by atoms with Gasteiger partial charge < -0.3 is 10.2 Å². The second-order valence-corrected chi connectivity index (χ2v) is 7.90. The zero-order chi connectivity index (χ0) is 16.2. The molecule has 0 aliphatic carbocycles. The van der Waals surface area contributed by atoms with Gasteiger partial charge in [-0.3, -0.25) is 4.79 Å². The van der Waals surface area contributed by atoms with Crippen LogP contribution < -0.4 is 10.9 Å². The molecule has 0 radical (unpaired) electrons. The summed E-state index contributed by atoms with van der Waals surface area (Å²) in [7, 11) is 0.689. The minimum atomic E-state index is -3.11. The number of hydrogen-bond donors (Lipinski definition) is 1. The summed E-state index contributed by atoms with van der Waals surface area (Å²) in [4.78, 5) is 14.0. The van der Waals surface area contributed by atoms with Crippen LogP contribution >= 0.6 is 11.6 Å². The van der Waals surface area contributed by atoms with E-state index in [9.17, 15) is 13.2 Å². The zero-order valence-corrected chi connectivity index (χ0v) is 14.2. The van der Waals surface area contributed by atoms with Crippen LogP contribution in [-0.2, 0) is 16.4 Å². The van der Waals surface area contributed by atoms with Gasteiger partial charge in [-0.05, 0) is 21.0 Å². The van der Waals surface area contributed by atoms with Crippen LogP contribution in [-0.4, -0.2) is 61.8 Å². The van der Waals surface area contributed by atoms with E-state index >= 15 is 0 Å². The highest BCUT2D eigenvalue weighted by Gasteiger charge is 2.14. The summed E-state index contributed by atoms with van der Waals surface area (Å²) in [5, 5.41) is 6.96. The van der Waals surface area contributed by atoms with E-state index in [0.29, 0.717) is 18.8 Å². The lowest BCUT2D eigenvalue weighted by molar-refractivity contribution is 0.367. The van der Waals surface area contributed by atoms with Crippen LogP contribution in [0.5, 0.6) is 0 Å². The number of rotatable bonds is 7. The summed E-state index contributed by atoms with van der Waals surface area (Å²) in [6.07, 6.45) is 2.60. The monoisotopic (exact) mass is 336 g/mol. The Labute approximate surface area is 129 Å². The second-order valence-electron chi connectivity index (χ2n) is 5.34. The summed E-state index contributed by atoms with van der Waals surface area (Å²) < 4.78 is 23.7. The van der Waals surface area contributed by atoms with Crippen LogP contribution in [0.4, 0.5) is 5.69 Å². The minimum absolute atomic E-state index is 0.0177. The number of anilines is 1. The van der Waals surface area contributed by atoms with Crippen molar-refractivity contribution in [3.63, 3.8) is 0 Å². The predicted octanol–water partition coefficient (Wildman–Crippen LogP) is 0.303. The van der Waals surface area contributed by atoms with Crippen molar-refractivity contribution in [1.82, 2.24) is 14.7 Å². The van der Waals surface area contributed by atoms with Gasteiger partial charge in [0.15, 0.2) is 0 Å². The molecular formula is C12H21ClN4O3S. The van der Waals surface area contributed by atoms with Gasteiger partial charge in [0.25, 0.3) is 5.56 Å². The molecule has 21 heavy (non-hydrogen) atoms. The molecule has 7 nitrogen and oxygen atoms in total. The largest absolute Gasteiger partial charge is 0.379 e. The second kappa shape index (κ2) is 7.24. The molecule has 0 saturated carbocycles. The molecule has 9 heteroatoms. The molecule has 1 N–H and O–H groups in total. The van der Waals surface area contributed by atoms with Crippen LogP contribution in [0.15, 0.2) is 11.0 Å². The van der Waals surface area contributed by atoms with Crippen LogP contribution in [0.1, 0.15) is 6.92 Å². The minimum Gasteiger partial charge on any atom is -0.379 e. The molecule has 1 aromatic heterocycles. The third-order valence-corrected chi connectivity index (χ3v) is 4.17. The molecule has 1 heterocycles. The van der Waals surface area contributed by atoms with Crippen molar-refractivity contribution in [3.05, 3.63) is 21.6 Å². The fourth-order valence-electron chi connectivity index (χ4n) is 1.78. The molecule has 1 unspecified atom stereocenters. The van der Waals surface area contributed by atoms with Gasteiger partial charge in [-0.15, -0.1) is 0 Å². The molecular weight excluding hydrogens is 316 g/mol. The molecule has 0 bridgehead atoms. The molecule has 1 rings (SSSR count). The fraction of sp³-hybridized carbons (Fsp3) is 0.667. The van der Waals surface area contributed by atoms with Crippen LogP contribution in [0, 0.1) is 0 Å². The molecule has 0 aromatic carbocycles. The molecule has 1 atom stereocenters. The lowest BCUT2D eigenvalue weighted by Crippen LogP contribution is -2.31. The van der Waals surface area contributed by atoms with E-state index in [2.05, 4.69) is 10.4 Å². The molecule has 0 spiro atoms. The Bertz CT molecular complexity index is 642. The zero-order valence-electron chi connectivity index (χ0n) is 12.6. The highest BCUT2D eigenvalue weighted by Crippen LogP contribution is 2.16. The van der Waals surface area contributed by atoms with Crippen LogP contribution in [0.3, 0.4) is 0 Å². The normalized spacial score (nSPS) is 13.4. The first kappa shape index (κ1) is 17.9. The topological polar surface area (TPSA) is 84.3 Å². The lowest BCUT2D eigenvalue weighted by atomic mass is 10.3. The van der Waals surface area contributed by atoms with Crippen molar-refractivity contribution >= 4 is 27.1 Å². The maximum atomic E-state index is 12.1. The predicted molar refractivity (Wildman–Crippen MR) is 84.9 cm³/mol. The Balaban J connectivity index is 2.87. The molecule has 0 saturated heterocycles. The molecule has 0 amide bonds. The SMILES string of the molecule is CC(CS(C)(=O)=O)Nc1cnn(CCN(C)C)c(=O)c1Cl. The van der Waals surface area contributed by atoms with Crippen molar-refractivity contribution in [2.45, 2.75) is 19.5 Å². The van der Waals surface area contributed by atoms with E-state index in [1.807, 2.05) is 19.0 Å². The van der Waals surface area contributed by atoms with E-state index in [0.717, 1.165) is 6.26 Å². The van der Waals surface area contributed by atoms with Gasteiger partial charge in [0, 0.05) is 18.8 Å². The quantitative estimate of drug-likeness (QED) is 0.771. The lowest BCUT2D eigenvalue weighted by Gasteiger charge is -2.16. The maximum absolute atomic E-state index is 12.1. The van der Waals surface area contributed by atoms with Gasteiger partial charge in [0.1, 0.15) is 14.9 Å². The standard InChI is InChI=1S/C12H21ClN4O3S/c1-9(8-21(4,19)20)15-10-7-14-17(6-5-16(2)3)12(18)11(10)13/h7,9,15H,5-6,8H2,1-4H3. The fourth-order valence-corrected chi connectivity index (χ4v) is 2.97. The highest BCUT2D eigenvalue weighted by molar-refractivity contribution is 7.90. The van der Waals surface area contributed by atoms with Gasteiger partial charge >= 0.3 is 0 Å². The first-order chi connectivity index (χ1) is 9.60. The number of hydrogen-bond acceptors (Lipinski definition) is 6. The summed E-state index contributed by atoms with van der Waals surface area (Å²) in [5.74, 6) is -0.0486. The third-order valence-electron chi connectivity index (χ3n) is 2.70. The third kappa shape index (κ3) is 6.03. The van der Waals surface area contributed by atoms with Crippen molar-refractivity contribution in [1.29, 1.82) is 0 Å². The molecule has 120 valence electrons. The molecule has 0 aliphatic heterocycles. The van der Waals surface area contributed by atoms with Gasteiger partial charge in [-0.1, -0.05) is 11.6 Å². The van der Waals surface area contributed by atoms with E-state index in [-0.39, 0.29) is 16.8 Å². The average molecular weight is 337 g/mol. The van der Waals surface area contributed by atoms with Crippen molar-refractivity contribution in [2.75, 3.05) is 38.0 Å². The number of nitrogens with zero attached hydrogens (tertiary/aromatic N) is 3.